The van der Waals surface area contributed by atoms with Crippen molar-refractivity contribution in [3.8, 4) is 0 Å². The number of benzene rings is 3. The van der Waals surface area contributed by atoms with Crippen LogP contribution in [-0.2, 0) is 18.2 Å². The van der Waals surface area contributed by atoms with Gasteiger partial charge in [-0.2, -0.15) is 12.0 Å². The summed E-state index contributed by atoms with van der Waals surface area (Å²) in [6.07, 6.45) is 6.29. The van der Waals surface area contributed by atoms with E-state index in [4.69, 9.17) is 7.81 Å². The summed E-state index contributed by atoms with van der Waals surface area (Å²) >= 11 is 0. The van der Waals surface area contributed by atoms with E-state index >= 15 is 0 Å². The van der Waals surface area contributed by atoms with Gasteiger partial charge >= 0.3 is 10.4 Å². The van der Waals surface area contributed by atoms with Crippen molar-refractivity contribution in [1.29, 1.82) is 0 Å². The van der Waals surface area contributed by atoms with Crippen LogP contribution in [0.4, 0.5) is 0 Å². The minimum atomic E-state index is -4.24. The Bertz CT molecular complexity index is 927. The molecule has 172 valence electrons. The first kappa shape index (κ1) is 24.5. The summed E-state index contributed by atoms with van der Waals surface area (Å²) in [5.41, 5.74) is 0. The molecule has 4 nitrogen and oxygen atoms in total. The Morgan fingerprint density at radius 1 is 0.594 bits per heavy atom. The minimum Gasteiger partial charge on any atom is -0.248 e. The van der Waals surface area contributed by atoms with Crippen molar-refractivity contribution < 1.29 is 16.2 Å². The maximum atomic E-state index is 13.1. The van der Waals surface area contributed by atoms with Crippen LogP contribution in [0.1, 0.15) is 45.4 Å². The maximum absolute atomic E-state index is 13.1. The predicted octanol–water partition coefficient (Wildman–Crippen LogP) is 7.52. The summed E-state index contributed by atoms with van der Waals surface area (Å²) in [6, 6.07) is 28.6. The molecule has 0 radical (unpaired) electrons. The van der Waals surface area contributed by atoms with Crippen LogP contribution in [0.3, 0.4) is 0 Å². The zero-order chi connectivity index (χ0) is 22.7. The molecule has 0 aliphatic rings. The largest absolute Gasteiger partial charge is 0.410 e. The number of hydrogen-bond donors (Lipinski definition) is 0. The minimum absolute atomic E-state index is 0.127. The molecule has 0 unspecified atom stereocenters. The second kappa shape index (κ2) is 12.2. The van der Waals surface area contributed by atoms with Gasteiger partial charge in [0.15, 0.2) is 0 Å². The molecule has 6 heteroatoms. The third-order valence-corrected chi connectivity index (χ3v) is 9.88. The third-order valence-electron chi connectivity index (χ3n) is 5.14. The van der Waals surface area contributed by atoms with Crippen LogP contribution in [0.2, 0.25) is 0 Å². The monoisotopic (exact) mass is 472 g/mol. The summed E-state index contributed by atoms with van der Waals surface area (Å²) in [6.45, 7) is 2.30. The molecule has 0 bridgehead atoms. The van der Waals surface area contributed by atoms with Gasteiger partial charge in [-0.05, 0) is 53.1 Å². The van der Waals surface area contributed by atoms with E-state index in [2.05, 4.69) is 6.92 Å². The molecule has 3 aromatic rings. The molecule has 0 N–H and O–H groups in total. The van der Waals surface area contributed by atoms with E-state index in [0.29, 0.717) is 6.42 Å². The Hall–Kier alpha value is -2.12. The molecule has 32 heavy (non-hydrogen) atoms. The highest BCUT2D eigenvalue weighted by Crippen LogP contribution is 2.69. The van der Waals surface area contributed by atoms with Gasteiger partial charge in [-0.3, -0.25) is 0 Å². The van der Waals surface area contributed by atoms with Gasteiger partial charge < -0.3 is 0 Å². The van der Waals surface area contributed by atoms with E-state index in [0.717, 1.165) is 27.5 Å². The lowest BCUT2D eigenvalue weighted by molar-refractivity contribution is 0.271. The van der Waals surface area contributed by atoms with Gasteiger partial charge in [0.05, 0.1) is 6.61 Å². The highest BCUT2D eigenvalue weighted by atomic mass is 32.3. The van der Waals surface area contributed by atoms with Gasteiger partial charge in [0, 0.05) is 14.7 Å². The van der Waals surface area contributed by atoms with Crippen LogP contribution in [-0.4, -0.2) is 15.0 Å². The number of hydrogen-bond acceptors (Lipinski definition) is 4. The lowest BCUT2D eigenvalue weighted by Gasteiger charge is -2.38. The average molecular weight is 473 g/mol. The van der Waals surface area contributed by atoms with Crippen molar-refractivity contribution in [3.05, 3.63) is 91.0 Å². The van der Waals surface area contributed by atoms with Gasteiger partial charge in [0.25, 0.3) is 0 Å². The molecule has 0 atom stereocenters. The van der Waals surface area contributed by atoms with E-state index in [1.165, 1.54) is 19.3 Å². The Morgan fingerprint density at radius 3 is 1.44 bits per heavy atom. The summed E-state index contributed by atoms with van der Waals surface area (Å²) in [5, 5.41) is 0. The standard InChI is InChI=1S/C26H32O4S2/c1-2-3-4-5-6-16-23-29-32(27,28)30-31(24-17-10-7-11-18-24,25-19-12-8-13-20-25)26-21-14-9-15-22-26/h7-15,17-22H,2-6,16,23H2,1H3. The van der Waals surface area contributed by atoms with Gasteiger partial charge in [-0.15, -0.1) is 0 Å². The zero-order valence-electron chi connectivity index (χ0n) is 18.6. The number of unbranched alkanes of at least 4 members (excludes halogenated alkanes) is 5. The fourth-order valence-electron chi connectivity index (χ4n) is 3.55. The van der Waals surface area contributed by atoms with Crippen molar-refractivity contribution in [1.82, 2.24) is 0 Å². The van der Waals surface area contributed by atoms with Crippen molar-refractivity contribution in [3.63, 3.8) is 0 Å². The second-order valence-electron chi connectivity index (χ2n) is 7.56. The van der Waals surface area contributed by atoms with Crippen LogP contribution in [0.15, 0.2) is 106 Å². The van der Waals surface area contributed by atoms with E-state index in [9.17, 15) is 8.42 Å². The molecular formula is C26H32O4S2. The van der Waals surface area contributed by atoms with Crippen LogP contribution in [0, 0.1) is 0 Å². The molecule has 0 aliphatic carbocycles. The molecule has 0 fully saturated rings. The summed E-state index contributed by atoms with van der Waals surface area (Å²) in [5.74, 6) is 0. The molecular weight excluding hydrogens is 440 g/mol. The maximum Gasteiger partial charge on any atom is 0.410 e. The topological polar surface area (TPSA) is 52.6 Å². The molecule has 0 aliphatic heterocycles. The molecule has 3 rings (SSSR count). The lowest BCUT2D eigenvalue weighted by atomic mass is 10.1. The first-order valence-electron chi connectivity index (χ1n) is 11.2. The first-order chi connectivity index (χ1) is 15.6. The normalized spacial score (nSPS) is 12.5. The molecule has 0 saturated heterocycles. The van der Waals surface area contributed by atoms with Gasteiger partial charge in [0.1, 0.15) is 0 Å². The average Bonchev–Trinajstić information content (AvgIpc) is 2.84. The highest BCUT2D eigenvalue weighted by Gasteiger charge is 2.37. The summed E-state index contributed by atoms with van der Waals surface area (Å²) < 4.78 is 37.5. The SMILES string of the molecule is CCCCCCCCOS(=O)(=O)OS(c1ccccc1)(c1ccccc1)c1ccccc1. The first-order valence-corrected chi connectivity index (χ1v) is 14.1. The highest BCUT2D eigenvalue weighted by molar-refractivity contribution is 8.32. The smallest absolute Gasteiger partial charge is 0.248 e. The summed E-state index contributed by atoms with van der Waals surface area (Å²) in [7, 11) is -6.80. The van der Waals surface area contributed by atoms with Crippen molar-refractivity contribution in [2.45, 2.75) is 60.1 Å². The quantitative estimate of drug-likeness (QED) is 0.241. The van der Waals surface area contributed by atoms with E-state index < -0.39 is 20.7 Å². The predicted molar refractivity (Wildman–Crippen MR) is 131 cm³/mol. The van der Waals surface area contributed by atoms with E-state index in [1.54, 1.807) is 0 Å². The summed E-state index contributed by atoms with van der Waals surface area (Å²) in [4.78, 5) is 2.39. The van der Waals surface area contributed by atoms with Crippen molar-refractivity contribution in [2.24, 2.45) is 0 Å². The Balaban J connectivity index is 1.91. The Labute approximate surface area is 194 Å². The van der Waals surface area contributed by atoms with Crippen LogP contribution in [0.25, 0.3) is 0 Å². The molecule has 3 aromatic carbocycles. The zero-order valence-corrected chi connectivity index (χ0v) is 20.2. The Morgan fingerprint density at radius 2 is 1.00 bits per heavy atom. The fourth-order valence-corrected chi connectivity index (χ4v) is 8.41. The fraction of sp³-hybridized carbons (Fsp3) is 0.308. The molecule has 0 aromatic heterocycles. The van der Waals surface area contributed by atoms with Gasteiger partial charge in [0.2, 0.25) is 0 Å². The van der Waals surface area contributed by atoms with Gasteiger partial charge in [-0.25, -0.2) is 4.18 Å². The Kier molecular flexibility index (Phi) is 9.36. The molecule has 0 saturated carbocycles. The molecule has 0 heterocycles. The van der Waals surface area contributed by atoms with Crippen molar-refractivity contribution in [2.75, 3.05) is 6.61 Å². The van der Waals surface area contributed by atoms with Crippen LogP contribution < -0.4 is 0 Å². The molecule has 0 amide bonds. The lowest BCUT2D eigenvalue weighted by Crippen LogP contribution is -2.17. The van der Waals surface area contributed by atoms with Crippen LogP contribution in [0.5, 0.6) is 0 Å². The van der Waals surface area contributed by atoms with E-state index in [1.807, 2.05) is 91.0 Å². The van der Waals surface area contributed by atoms with Crippen molar-refractivity contribution >= 4 is 20.7 Å². The molecule has 0 spiro atoms. The third kappa shape index (κ3) is 6.45. The van der Waals surface area contributed by atoms with E-state index in [-0.39, 0.29) is 6.61 Å². The van der Waals surface area contributed by atoms with Gasteiger partial charge in [-0.1, -0.05) is 93.6 Å². The second-order valence-corrected chi connectivity index (χ2v) is 11.7. The number of rotatable bonds is 13. The van der Waals surface area contributed by atoms with Crippen LogP contribution >= 0.6 is 10.3 Å².